The lowest BCUT2D eigenvalue weighted by Gasteiger charge is -2.11. The largest absolute Gasteiger partial charge is 0.346 e. The first-order chi connectivity index (χ1) is 7.94. The molecule has 4 nitrogen and oxygen atoms in total. The molecule has 1 aliphatic carbocycles. The van der Waals surface area contributed by atoms with E-state index in [1.54, 1.807) is 0 Å². The third kappa shape index (κ3) is 3.61. The number of nitrogens with one attached hydrogen (secondary N) is 1. The van der Waals surface area contributed by atoms with E-state index in [0.29, 0.717) is 16.4 Å². The Labute approximate surface area is 106 Å². The van der Waals surface area contributed by atoms with Gasteiger partial charge in [-0.25, -0.2) is 13.4 Å². The second-order valence-electron chi connectivity index (χ2n) is 4.67. The van der Waals surface area contributed by atoms with Crippen molar-refractivity contribution in [3.8, 4) is 0 Å². The second-order valence-corrected chi connectivity index (χ2v) is 7.23. The smallest absolute Gasteiger partial charge is 0.154 e. The van der Waals surface area contributed by atoms with E-state index in [1.807, 2.05) is 6.07 Å². The Kier molecular flexibility index (Phi) is 3.63. The number of H-pyrrole nitrogens is 1. The summed E-state index contributed by atoms with van der Waals surface area (Å²) in [6, 6.07) is 1.86. The van der Waals surface area contributed by atoms with Crippen LogP contribution in [0.5, 0.6) is 0 Å². The Morgan fingerprint density at radius 3 is 2.71 bits per heavy atom. The standard InChI is InChI=1S/C11H16N2O2S2/c1-17(14,15)7-10-12-9(6-11(16)13-10)8-4-2-3-5-8/h6,8H,2-5,7H2,1H3,(H,12,13,16). The summed E-state index contributed by atoms with van der Waals surface area (Å²) >= 11 is 5.09. The van der Waals surface area contributed by atoms with E-state index in [9.17, 15) is 8.42 Å². The zero-order valence-electron chi connectivity index (χ0n) is 9.77. The molecule has 0 unspecified atom stereocenters. The van der Waals surface area contributed by atoms with Gasteiger partial charge in [0.25, 0.3) is 0 Å². The van der Waals surface area contributed by atoms with Crippen LogP contribution in [-0.4, -0.2) is 24.6 Å². The van der Waals surface area contributed by atoms with Crippen molar-refractivity contribution in [2.45, 2.75) is 37.4 Å². The fourth-order valence-electron chi connectivity index (χ4n) is 2.30. The van der Waals surface area contributed by atoms with Crippen LogP contribution in [0, 0.1) is 4.64 Å². The maximum Gasteiger partial charge on any atom is 0.154 e. The highest BCUT2D eigenvalue weighted by Crippen LogP contribution is 2.32. The molecule has 0 spiro atoms. The number of aromatic amines is 1. The van der Waals surface area contributed by atoms with Crippen LogP contribution in [0.3, 0.4) is 0 Å². The topological polar surface area (TPSA) is 62.8 Å². The van der Waals surface area contributed by atoms with Gasteiger partial charge in [-0.15, -0.1) is 0 Å². The lowest BCUT2D eigenvalue weighted by atomic mass is 10.0. The summed E-state index contributed by atoms with van der Waals surface area (Å²) in [5.41, 5.74) is 1.04. The van der Waals surface area contributed by atoms with Gasteiger partial charge >= 0.3 is 0 Å². The minimum absolute atomic E-state index is 0.0722. The third-order valence-corrected chi connectivity index (χ3v) is 4.01. The van der Waals surface area contributed by atoms with Crippen molar-refractivity contribution in [1.29, 1.82) is 0 Å². The van der Waals surface area contributed by atoms with Crippen LogP contribution in [0.4, 0.5) is 0 Å². The van der Waals surface area contributed by atoms with Crippen LogP contribution < -0.4 is 0 Å². The monoisotopic (exact) mass is 272 g/mol. The number of hydrogen-bond acceptors (Lipinski definition) is 4. The van der Waals surface area contributed by atoms with Gasteiger partial charge < -0.3 is 4.98 Å². The number of nitrogens with zero attached hydrogens (tertiary/aromatic N) is 1. The first-order valence-corrected chi connectivity index (χ1v) is 8.19. The summed E-state index contributed by atoms with van der Waals surface area (Å²) in [6.07, 6.45) is 5.96. The van der Waals surface area contributed by atoms with Gasteiger partial charge in [-0.3, -0.25) is 0 Å². The third-order valence-electron chi connectivity index (χ3n) is 3.01. The molecule has 6 heteroatoms. The van der Waals surface area contributed by atoms with Gasteiger partial charge in [0.05, 0.1) is 0 Å². The molecule has 0 saturated heterocycles. The quantitative estimate of drug-likeness (QED) is 0.858. The van der Waals surface area contributed by atoms with Gasteiger partial charge in [-0.1, -0.05) is 25.1 Å². The van der Waals surface area contributed by atoms with Crippen LogP contribution in [0.2, 0.25) is 0 Å². The van der Waals surface area contributed by atoms with Crippen molar-refractivity contribution in [3.05, 3.63) is 22.2 Å². The highest BCUT2D eigenvalue weighted by atomic mass is 32.2. The Balaban J connectivity index is 2.32. The van der Waals surface area contributed by atoms with E-state index >= 15 is 0 Å². The van der Waals surface area contributed by atoms with Crippen LogP contribution in [0.25, 0.3) is 0 Å². The van der Waals surface area contributed by atoms with E-state index in [-0.39, 0.29) is 5.75 Å². The zero-order valence-corrected chi connectivity index (χ0v) is 11.4. The minimum Gasteiger partial charge on any atom is -0.346 e. The molecule has 0 atom stereocenters. The SMILES string of the molecule is CS(=O)(=O)Cc1nc(=S)cc(C2CCCC2)[nH]1. The first kappa shape index (κ1) is 12.7. The Bertz CT molecular complexity index is 557. The van der Waals surface area contributed by atoms with Gasteiger partial charge in [0.15, 0.2) is 9.84 Å². The summed E-state index contributed by atoms with van der Waals surface area (Å²) in [6.45, 7) is 0. The average Bonchev–Trinajstić information content (AvgIpc) is 2.65. The molecule has 1 heterocycles. The summed E-state index contributed by atoms with van der Waals surface area (Å²) in [4.78, 5) is 7.20. The highest BCUT2D eigenvalue weighted by Gasteiger charge is 2.18. The van der Waals surface area contributed by atoms with E-state index in [2.05, 4.69) is 9.97 Å². The van der Waals surface area contributed by atoms with Crippen molar-refractivity contribution < 1.29 is 8.42 Å². The van der Waals surface area contributed by atoms with Gasteiger partial charge in [-0.05, 0) is 24.8 Å². The normalized spacial score (nSPS) is 17.5. The van der Waals surface area contributed by atoms with Gasteiger partial charge in [0.2, 0.25) is 0 Å². The minimum atomic E-state index is -3.07. The molecule has 0 aromatic carbocycles. The predicted molar refractivity (Wildman–Crippen MR) is 69.2 cm³/mol. The van der Waals surface area contributed by atoms with Gasteiger partial charge in [0, 0.05) is 11.9 Å². The van der Waals surface area contributed by atoms with Crippen molar-refractivity contribution in [2.75, 3.05) is 6.26 Å². The molecule has 1 N–H and O–H groups in total. The lowest BCUT2D eigenvalue weighted by molar-refractivity contribution is 0.598. The number of hydrogen-bond donors (Lipinski definition) is 1. The first-order valence-electron chi connectivity index (χ1n) is 5.72. The Hall–Kier alpha value is -0.750. The molecule has 2 rings (SSSR count). The highest BCUT2D eigenvalue weighted by molar-refractivity contribution is 7.89. The summed E-state index contributed by atoms with van der Waals surface area (Å²) in [5.74, 6) is 0.872. The predicted octanol–water partition coefficient (Wildman–Crippen LogP) is 2.34. The van der Waals surface area contributed by atoms with Gasteiger partial charge in [-0.2, -0.15) is 0 Å². The fraction of sp³-hybridized carbons (Fsp3) is 0.636. The Morgan fingerprint density at radius 1 is 1.47 bits per heavy atom. The van der Waals surface area contributed by atoms with Crippen molar-refractivity contribution in [3.63, 3.8) is 0 Å². The molecular formula is C11H16N2O2S2. The van der Waals surface area contributed by atoms with E-state index in [4.69, 9.17) is 12.2 Å². The molecule has 0 radical (unpaired) electrons. The number of rotatable bonds is 3. The van der Waals surface area contributed by atoms with E-state index < -0.39 is 9.84 Å². The molecule has 94 valence electrons. The molecule has 1 aromatic heterocycles. The van der Waals surface area contributed by atoms with Crippen LogP contribution in [0.1, 0.15) is 43.1 Å². The molecule has 0 bridgehead atoms. The second kappa shape index (κ2) is 4.86. The Morgan fingerprint density at radius 2 is 2.12 bits per heavy atom. The fourth-order valence-corrected chi connectivity index (χ4v) is 3.17. The maximum absolute atomic E-state index is 11.3. The van der Waals surface area contributed by atoms with E-state index in [0.717, 1.165) is 18.5 Å². The van der Waals surface area contributed by atoms with Crippen LogP contribution in [0.15, 0.2) is 6.07 Å². The van der Waals surface area contributed by atoms with Crippen molar-refractivity contribution >= 4 is 22.1 Å². The molecule has 1 saturated carbocycles. The summed E-state index contributed by atoms with van der Waals surface area (Å²) < 4.78 is 23.0. The zero-order chi connectivity index (χ0) is 12.5. The van der Waals surface area contributed by atoms with Crippen molar-refractivity contribution in [2.24, 2.45) is 0 Å². The molecule has 1 aromatic rings. The molecule has 1 aliphatic rings. The van der Waals surface area contributed by atoms with E-state index in [1.165, 1.54) is 19.1 Å². The van der Waals surface area contributed by atoms with Crippen molar-refractivity contribution in [1.82, 2.24) is 9.97 Å². The van der Waals surface area contributed by atoms with Gasteiger partial charge in [0.1, 0.15) is 16.2 Å². The maximum atomic E-state index is 11.3. The number of aromatic nitrogens is 2. The molecule has 1 fully saturated rings. The summed E-state index contributed by atoms with van der Waals surface area (Å²) in [5, 5.41) is 0. The lowest BCUT2D eigenvalue weighted by Crippen LogP contribution is -2.08. The van der Waals surface area contributed by atoms with Crippen LogP contribution in [-0.2, 0) is 15.6 Å². The molecule has 17 heavy (non-hydrogen) atoms. The molecule has 0 aliphatic heterocycles. The average molecular weight is 272 g/mol. The summed E-state index contributed by atoms with van der Waals surface area (Å²) in [7, 11) is -3.07. The number of sulfone groups is 1. The molecule has 0 amide bonds. The van der Waals surface area contributed by atoms with Crippen LogP contribution >= 0.6 is 12.2 Å². The molecular weight excluding hydrogens is 256 g/mol.